The Hall–Kier alpha value is -0.800. The molecule has 264 valence electrons. The molecule has 3 saturated heterocycles. The third kappa shape index (κ3) is 7.76. The summed E-state index contributed by atoms with van der Waals surface area (Å²) in [5.74, 6) is 0. The molecule has 3 aliphatic heterocycles. The fraction of sp³-hybridized carbons (Fsp3) is 1.00. The number of hydrogen-bond donors (Lipinski definition) is 13. The van der Waals surface area contributed by atoms with Gasteiger partial charge in [-0.15, -0.1) is 0 Å². The van der Waals surface area contributed by atoms with E-state index in [1.54, 1.807) is 0 Å². The Morgan fingerprint density at radius 3 is 1.62 bits per heavy atom. The van der Waals surface area contributed by atoms with Crippen LogP contribution in [0.1, 0.15) is 6.42 Å². The number of aliphatic hydroxyl groups is 7. The smallest absolute Gasteiger partial charge is 0.187 e. The van der Waals surface area contributed by atoms with Gasteiger partial charge in [0, 0.05) is 25.2 Å². The topological polar surface area (TPSA) is 362 Å². The average molecular weight is 659 g/mol. The van der Waals surface area contributed by atoms with E-state index in [2.05, 4.69) is 0 Å². The van der Waals surface area contributed by atoms with Crippen LogP contribution in [0.5, 0.6) is 0 Å². The maximum atomic E-state index is 11.1. The summed E-state index contributed by atoms with van der Waals surface area (Å²) in [5, 5.41) is 72.2. The first-order valence-corrected chi connectivity index (χ1v) is 15.0. The molecule has 19 N–H and O–H groups in total. The van der Waals surface area contributed by atoms with Crippen molar-refractivity contribution >= 4 is 0 Å². The molecular formula is C25H50N6O14. The third-order valence-corrected chi connectivity index (χ3v) is 8.72. The highest BCUT2D eigenvalue weighted by Crippen LogP contribution is 2.35. The van der Waals surface area contributed by atoms with Crippen LogP contribution in [-0.4, -0.2) is 185 Å². The highest BCUT2D eigenvalue weighted by atomic mass is 16.8. The SMILES string of the molecule is NCCO[C@H]1[C@H](O[C@@H]2[C@@H](O)[C@H](N)C[C@H](N)[C@H]2O[C@H]2O[C@H](CO)[C@@H](O)[C@H](O)[C@H]2N)O[C@H](CO)[C@H]1O[C@H]1O[C@@H](CN)[C@@H](O)[C@H](O)[C@H]1N. The normalized spacial score (nSPS) is 51.0. The largest absolute Gasteiger partial charge is 0.394 e. The first-order valence-electron chi connectivity index (χ1n) is 15.0. The van der Waals surface area contributed by atoms with Gasteiger partial charge in [0.15, 0.2) is 18.9 Å². The number of aliphatic hydroxyl groups excluding tert-OH is 7. The summed E-state index contributed by atoms with van der Waals surface area (Å²) in [7, 11) is 0. The molecule has 4 fully saturated rings. The molecular weight excluding hydrogens is 608 g/mol. The van der Waals surface area contributed by atoms with Crippen LogP contribution >= 0.6 is 0 Å². The second-order valence-corrected chi connectivity index (χ2v) is 11.8. The Morgan fingerprint density at radius 1 is 0.556 bits per heavy atom. The maximum absolute atomic E-state index is 11.1. The van der Waals surface area contributed by atoms with E-state index in [0.717, 1.165) is 0 Å². The average Bonchev–Trinajstić information content (AvgIpc) is 3.35. The van der Waals surface area contributed by atoms with Crippen molar-refractivity contribution in [2.75, 3.05) is 32.9 Å². The van der Waals surface area contributed by atoms with Gasteiger partial charge in [0.25, 0.3) is 0 Å². The van der Waals surface area contributed by atoms with Gasteiger partial charge >= 0.3 is 0 Å². The number of rotatable bonds is 12. The zero-order valence-electron chi connectivity index (χ0n) is 24.7. The molecule has 0 amide bonds. The summed E-state index contributed by atoms with van der Waals surface area (Å²) >= 11 is 0. The highest BCUT2D eigenvalue weighted by Gasteiger charge is 2.55. The molecule has 0 spiro atoms. The van der Waals surface area contributed by atoms with Crippen molar-refractivity contribution in [2.24, 2.45) is 34.4 Å². The van der Waals surface area contributed by atoms with Crippen molar-refractivity contribution in [1.29, 1.82) is 0 Å². The molecule has 19 atom stereocenters. The number of hydrogen-bond acceptors (Lipinski definition) is 20. The van der Waals surface area contributed by atoms with Crippen LogP contribution in [0.3, 0.4) is 0 Å². The zero-order valence-corrected chi connectivity index (χ0v) is 24.7. The van der Waals surface area contributed by atoms with Crippen molar-refractivity contribution in [3.05, 3.63) is 0 Å². The fourth-order valence-electron chi connectivity index (χ4n) is 6.06. The number of nitrogens with two attached hydrogens (primary N) is 6. The van der Waals surface area contributed by atoms with Gasteiger partial charge in [-0.3, -0.25) is 0 Å². The molecule has 1 saturated carbocycles. The highest BCUT2D eigenvalue weighted by molar-refractivity contribution is 5.02. The van der Waals surface area contributed by atoms with Crippen molar-refractivity contribution < 1.29 is 68.9 Å². The molecule has 4 aliphatic rings. The van der Waals surface area contributed by atoms with Crippen molar-refractivity contribution in [2.45, 2.75) is 123 Å². The zero-order chi connectivity index (χ0) is 33.2. The van der Waals surface area contributed by atoms with Crippen molar-refractivity contribution in [3.8, 4) is 0 Å². The lowest BCUT2D eigenvalue weighted by atomic mass is 9.84. The molecule has 0 bridgehead atoms. The monoisotopic (exact) mass is 658 g/mol. The van der Waals surface area contributed by atoms with E-state index in [0.29, 0.717) is 0 Å². The first kappa shape index (κ1) is 37.0. The molecule has 1 aliphatic carbocycles. The molecule has 4 rings (SSSR count). The van der Waals surface area contributed by atoms with E-state index in [9.17, 15) is 35.7 Å². The Kier molecular flexibility index (Phi) is 13.2. The predicted octanol–water partition coefficient (Wildman–Crippen LogP) is -8.88. The molecule has 0 aromatic rings. The molecule has 20 nitrogen and oxygen atoms in total. The summed E-state index contributed by atoms with van der Waals surface area (Å²) in [5.41, 5.74) is 36.0. The second kappa shape index (κ2) is 16.1. The van der Waals surface area contributed by atoms with Gasteiger partial charge in [0.05, 0.1) is 38.0 Å². The third-order valence-electron chi connectivity index (χ3n) is 8.72. The summed E-state index contributed by atoms with van der Waals surface area (Å²) in [6.07, 6.45) is -19.3. The molecule has 0 aromatic carbocycles. The summed E-state index contributed by atoms with van der Waals surface area (Å²) in [4.78, 5) is 0. The van der Waals surface area contributed by atoms with Gasteiger partial charge in [0.2, 0.25) is 0 Å². The molecule has 0 aromatic heterocycles. The van der Waals surface area contributed by atoms with Crippen LogP contribution in [0.15, 0.2) is 0 Å². The van der Waals surface area contributed by atoms with E-state index in [1.807, 2.05) is 0 Å². The fourth-order valence-corrected chi connectivity index (χ4v) is 6.06. The van der Waals surface area contributed by atoms with Crippen LogP contribution in [0.2, 0.25) is 0 Å². The van der Waals surface area contributed by atoms with E-state index in [1.165, 1.54) is 0 Å². The lowest BCUT2D eigenvalue weighted by molar-refractivity contribution is -0.311. The Balaban J connectivity index is 1.57. The van der Waals surface area contributed by atoms with Gasteiger partial charge in [-0.05, 0) is 6.42 Å². The minimum Gasteiger partial charge on any atom is -0.394 e. The van der Waals surface area contributed by atoms with E-state index in [-0.39, 0.29) is 26.1 Å². The minimum atomic E-state index is -1.52. The van der Waals surface area contributed by atoms with Gasteiger partial charge in [-0.1, -0.05) is 0 Å². The molecule has 45 heavy (non-hydrogen) atoms. The second-order valence-electron chi connectivity index (χ2n) is 11.8. The van der Waals surface area contributed by atoms with Crippen LogP contribution in [0.4, 0.5) is 0 Å². The Bertz CT molecular complexity index is 916. The van der Waals surface area contributed by atoms with Gasteiger partial charge in [0.1, 0.15) is 67.1 Å². The van der Waals surface area contributed by atoms with Crippen LogP contribution in [0, 0.1) is 0 Å². The van der Waals surface area contributed by atoms with Gasteiger partial charge < -0.3 is 103 Å². The quantitative estimate of drug-likeness (QED) is 0.0925. The van der Waals surface area contributed by atoms with Crippen molar-refractivity contribution in [3.63, 3.8) is 0 Å². The van der Waals surface area contributed by atoms with E-state index in [4.69, 9.17) is 67.6 Å². The van der Waals surface area contributed by atoms with Crippen LogP contribution < -0.4 is 34.4 Å². The Labute approximate surface area is 259 Å². The lowest BCUT2D eigenvalue weighted by Crippen LogP contribution is -2.68. The van der Waals surface area contributed by atoms with Crippen molar-refractivity contribution in [1.82, 2.24) is 0 Å². The minimum absolute atomic E-state index is 0.0179. The standard InChI is InChI=1S/C25H50N6O14/c26-1-2-39-22-20(44-23-12(30)17(37)15(35)9(4-27)40-23)11(6-33)42-25(22)45-21-14(34)7(28)3-8(29)19(21)43-24-13(31)18(38)16(36)10(5-32)41-24/h7-25,32-38H,1-6,26-31H2/t7-,8+,9+,10-,11-,12-,13-,14+,15-,16-,17-,18-,19-,20-,21-,22-,23-,24-,25+/m1/s1. The van der Waals surface area contributed by atoms with Crippen LogP contribution in [-0.2, 0) is 33.2 Å². The Morgan fingerprint density at radius 2 is 1.07 bits per heavy atom. The number of ether oxygens (including phenoxy) is 7. The maximum Gasteiger partial charge on any atom is 0.187 e. The van der Waals surface area contributed by atoms with Gasteiger partial charge in [-0.2, -0.15) is 0 Å². The molecule has 3 heterocycles. The lowest BCUT2D eigenvalue weighted by Gasteiger charge is -2.47. The summed E-state index contributed by atoms with van der Waals surface area (Å²) < 4.78 is 41.5. The van der Waals surface area contributed by atoms with Crippen LogP contribution in [0.25, 0.3) is 0 Å². The molecule has 0 unspecified atom stereocenters. The molecule has 0 radical (unpaired) electrons. The molecule has 20 heteroatoms. The van der Waals surface area contributed by atoms with E-state index >= 15 is 0 Å². The summed E-state index contributed by atoms with van der Waals surface area (Å²) in [6.45, 7) is -1.34. The predicted molar refractivity (Wildman–Crippen MR) is 149 cm³/mol. The summed E-state index contributed by atoms with van der Waals surface area (Å²) in [6, 6.07) is -4.22. The van der Waals surface area contributed by atoms with E-state index < -0.39 is 129 Å². The van der Waals surface area contributed by atoms with Gasteiger partial charge in [-0.25, -0.2) is 0 Å². The first-order chi connectivity index (χ1) is 21.4.